The molecular weight excluding hydrogens is 336 g/mol. The van der Waals surface area contributed by atoms with Gasteiger partial charge < -0.3 is 9.47 Å². The van der Waals surface area contributed by atoms with Gasteiger partial charge in [-0.05, 0) is 40.7 Å². The molecule has 2 rings (SSSR count). The fourth-order valence-corrected chi connectivity index (χ4v) is 2.85. The maximum absolute atomic E-state index is 12.8. The Kier molecular flexibility index (Phi) is 5.84. The Morgan fingerprint density at radius 1 is 0.926 bits per heavy atom. The highest BCUT2D eigenvalue weighted by Gasteiger charge is 2.29. The lowest BCUT2D eigenvalue weighted by Crippen LogP contribution is -2.22. The van der Waals surface area contributed by atoms with Gasteiger partial charge in [-0.25, -0.2) is 4.79 Å². The Morgan fingerprint density at radius 3 is 1.78 bits per heavy atom. The van der Waals surface area contributed by atoms with Gasteiger partial charge in [0.1, 0.15) is 11.5 Å². The lowest BCUT2D eigenvalue weighted by molar-refractivity contribution is 0.0728. The molecule has 0 aromatic heterocycles. The maximum atomic E-state index is 12.8. The summed E-state index contributed by atoms with van der Waals surface area (Å²) >= 11 is 0. The fraction of sp³-hybridized carbons (Fsp3) is 0.375. The van der Waals surface area contributed by atoms with Gasteiger partial charge in [-0.2, -0.15) is 0 Å². The number of ether oxygens (including phenoxy) is 2. The minimum absolute atomic E-state index is 0.211. The molecule has 0 saturated heterocycles. The number of hydrogen-bond donors (Lipinski definition) is 0. The van der Waals surface area contributed by atoms with E-state index in [1.807, 2.05) is 24.3 Å². The molecule has 27 heavy (non-hydrogen) atoms. The quantitative estimate of drug-likeness (QED) is 0.481. The molecule has 144 valence electrons. The van der Waals surface area contributed by atoms with E-state index in [9.17, 15) is 4.79 Å². The number of methoxy groups -OCH3 is 1. The zero-order chi connectivity index (χ0) is 20.4. The van der Waals surface area contributed by atoms with Gasteiger partial charge in [0.15, 0.2) is 0 Å². The highest BCUT2D eigenvalue weighted by atomic mass is 16.5. The minimum atomic E-state index is -0.369. The summed E-state index contributed by atoms with van der Waals surface area (Å²) in [5.74, 6) is 1.01. The summed E-state index contributed by atoms with van der Waals surface area (Å²) in [6.45, 7) is 16.3. The predicted octanol–water partition coefficient (Wildman–Crippen LogP) is 6.15. The van der Waals surface area contributed by atoms with Crippen LogP contribution in [0.4, 0.5) is 0 Å². The normalized spacial score (nSPS) is 11.8. The van der Waals surface area contributed by atoms with Crippen LogP contribution < -0.4 is 9.47 Å². The highest BCUT2D eigenvalue weighted by molar-refractivity contribution is 5.91. The van der Waals surface area contributed by atoms with E-state index in [0.717, 1.165) is 22.4 Å². The molecule has 0 fully saturated rings. The molecule has 0 aliphatic rings. The van der Waals surface area contributed by atoms with E-state index in [4.69, 9.17) is 9.47 Å². The van der Waals surface area contributed by atoms with Crippen LogP contribution in [-0.2, 0) is 10.8 Å². The molecule has 3 heteroatoms. The zero-order valence-corrected chi connectivity index (χ0v) is 17.5. The van der Waals surface area contributed by atoms with Crippen molar-refractivity contribution in [3.05, 3.63) is 65.2 Å². The monoisotopic (exact) mass is 366 g/mol. The third-order valence-corrected chi connectivity index (χ3v) is 4.49. The standard InChI is InChI=1S/C24H30O3/c1-9-16-10-12-17(13-11-16)22(25)27-21-19(23(2,3)4)14-18(26-8)15-20(21)24(5,6)7/h9-15H,1H2,2-8H3. The van der Waals surface area contributed by atoms with E-state index in [0.29, 0.717) is 11.3 Å². The average Bonchev–Trinajstić information content (AvgIpc) is 2.59. The summed E-state index contributed by atoms with van der Waals surface area (Å²) in [6, 6.07) is 11.1. The maximum Gasteiger partial charge on any atom is 0.343 e. The number of esters is 1. The molecule has 0 atom stereocenters. The SMILES string of the molecule is C=Cc1ccc(C(=O)Oc2c(C(C)(C)C)cc(OC)cc2C(C)(C)C)cc1. The van der Waals surface area contributed by atoms with Gasteiger partial charge >= 0.3 is 5.97 Å². The summed E-state index contributed by atoms with van der Waals surface area (Å²) in [7, 11) is 1.65. The lowest BCUT2D eigenvalue weighted by Gasteiger charge is -2.29. The Labute approximate surface area is 163 Å². The van der Waals surface area contributed by atoms with Crippen molar-refractivity contribution in [3.63, 3.8) is 0 Å². The lowest BCUT2D eigenvalue weighted by atomic mass is 9.79. The molecule has 0 saturated carbocycles. The van der Waals surface area contributed by atoms with Gasteiger partial charge in [-0.15, -0.1) is 0 Å². The van der Waals surface area contributed by atoms with Crippen LogP contribution in [-0.4, -0.2) is 13.1 Å². The average molecular weight is 367 g/mol. The van der Waals surface area contributed by atoms with Crippen molar-refractivity contribution >= 4 is 12.0 Å². The minimum Gasteiger partial charge on any atom is -0.497 e. The van der Waals surface area contributed by atoms with Crippen molar-refractivity contribution in [2.75, 3.05) is 7.11 Å². The number of rotatable bonds is 4. The van der Waals surface area contributed by atoms with E-state index in [1.165, 1.54) is 0 Å². The summed E-state index contributed by atoms with van der Waals surface area (Å²) in [4.78, 5) is 12.8. The molecule has 0 unspecified atom stereocenters. The van der Waals surface area contributed by atoms with Gasteiger partial charge in [-0.3, -0.25) is 0 Å². The summed E-state index contributed by atoms with van der Waals surface area (Å²) in [6.07, 6.45) is 1.74. The molecule has 0 amide bonds. The summed E-state index contributed by atoms with van der Waals surface area (Å²) in [5, 5.41) is 0. The first kappa shape index (κ1) is 20.8. The second kappa shape index (κ2) is 7.59. The van der Waals surface area contributed by atoms with Crippen LogP contribution in [0.5, 0.6) is 11.5 Å². The fourth-order valence-electron chi connectivity index (χ4n) is 2.85. The molecule has 0 aliphatic heterocycles. The van der Waals surface area contributed by atoms with Crippen LogP contribution in [0.3, 0.4) is 0 Å². The van der Waals surface area contributed by atoms with Crippen molar-refractivity contribution < 1.29 is 14.3 Å². The number of hydrogen-bond acceptors (Lipinski definition) is 3. The first-order chi connectivity index (χ1) is 12.5. The van der Waals surface area contributed by atoms with Crippen LogP contribution in [0.25, 0.3) is 6.08 Å². The Hall–Kier alpha value is -2.55. The van der Waals surface area contributed by atoms with Crippen LogP contribution in [0.1, 0.15) is 68.6 Å². The largest absolute Gasteiger partial charge is 0.497 e. The van der Waals surface area contributed by atoms with Gasteiger partial charge in [0.05, 0.1) is 12.7 Å². The van der Waals surface area contributed by atoms with Crippen LogP contribution in [0.15, 0.2) is 43.0 Å². The third kappa shape index (κ3) is 4.79. The second-order valence-electron chi connectivity index (χ2n) is 8.77. The molecule has 0 N–H and O–H groups in total. The Balaban J connectivity index is 2.58. The van der Waals surface area contributed by atoms with E-state index >= 15 is 0 Å². The van der Waals surface area contributed by atoms with Crippen molar-refractivity contribution in [1.82, 2.24) is 0 Å². The van der Waals surface area contributed by atoms with E-state index in [2.05, 4.69) is 48.1 Å². The van der Waals surface area contributed by atoms with Crippen molar-refractivity contribution in [1.29, 1.82) is 0 Å². The van der Waals surface area contributed by atoms with Crippen molar-refractivity contribution in [2.24, 2.45) is 0 Å². The zero-order valence-electron chi connectivity index (χ0n) is 17.5. The van der Waals surface area contributed by atoms with Gasteiger partial charge in [0.2, 0.25) is 0 Å². The van der Waals surface area contributed by atoms with Crippen LogP contribution in [0.2, 0.25) is 0 Å². The molecule has 0 aliphatic carbocycles. The van der Waals surface area contributed by atoms with Gasteiger partial charge in [0, 0.05) is 11.1 Å². The van der Waals surface area contributed by atoms with Crippen LogP contribution in [0, 0.1) is 0 Å². The molecule has 3 nitrogen and oxygen atoms in total. The van der Waals surface area contributed by atoms with Crippen molar-refractivity contribution in [3.8, 4) is 11.5 Å². The van der Waals surface area contributed by atoms with E-state index in [1.54, 1.807) is 25.3 Å². The molecule has 2 aromatic rings. The van der Waals surface area contributed by atoms with E-state index in [-0.39, 0.29) is 16.8 Å². The molecule has 0 heterocycles. The Morgan fingerprint density at radius 2 is 1.41 bits per heavy atom. The number of benzene rings is 2. The number of carbonyl (C=O) groups excluding carboxylic acids is 1. The Bertz CT molecular complexity index is 796. The van der Waals surface area contributed by atoms with Crippen molar-refractivity contribution in [2.45, 2.75) is 52.4 Å². The second-order valence-corrected chi connectivity index (χ2v) is 8.77. The summed E-state index contributed by atoms with van der Waals surface area (Å²) in [5.41, 5.74) is 2.94. The van der Waals surface area contributed by atoms with E-state index < -0.39 is 0 Å². The van der Waals surface area contributed by atoms with Gasteiger partial charge in [0.25, 0.3) is 0 Å². The first-order valence-corrected chi connectivity index (χ1v) is 9.15. The highest BCUT2D eigenvalue weighted by Crippen LogP contribution is 2.42. The molecule has 0 radical (unpaired) electrons. The third-order valence-electron chi connectivity index (χ3n) is 4.49. The summed E-state index contributed by atoms with van der Waals surface area (Å²) < 4.78 is 11.5. The topological polar surface area (TPSA) is 35.5 Å². The molecule has 0 spiro atoms. The first-order valence-electron chi connectivity index (χ1n) is 9.15. The molecular formula is C24H30O3. The van der Waals surface area contributed by atoms with Crippen LogP contribution >= 0.6 is 0 Å². The smallest absolute Gasteiger partial charge is 0.343 e. The number of carbonyl (C=O) groups is 1. The molecule has 2 aromatic carbocycles. The predicted molar refractivity (Wildman–Crippen MR) is 112 cm³/mol. The van der Waals surface area contributed by atoms with Gasteiger partial charge in [-0.1, -0.05) is 66.3 Å². The molecule has 0 bridgehead atoms.